The monoisotopic (exact) mass is 556 g/mol. The Bertz CT molecular complexity index is 1780. The summed E-state index contributed by atoms with van der Waals surface area (Å²) in [6, 6.07) is 10.2. The maximum absolute atomic E-state index is 15.4. The van der Waals surface area contributed by atoms with Gasteiger partial charge in [0.2, 0.25) is 5.89 Å². The van der Waals surface area contributed by atoms with Crippen LogP contribution in [0.3, 0.4) is 0 Å². The van der Waals surface area contributed by atoms with Crippen molar-refractivity contribution in [2.24, 2.45) is 7.05 Å². The third-order valence-electron chi connectivity index (χ3n) is 8.26. The highest BCUT2D eigenvalue weighted by molar-refractivity contribution is 5.84. The van der Waals surface area contributed by atoms with Gasteiger partial charge in [0.15, 0.2) is 11.4 Å². The molecule has 10 heteroatoms. The van der Waals surface area contributed by atoms with Crippen molar-refractivity contribution in [3.05, 3.63) is 71.2 Å². The van der Waals surface area contributed by atoms with Gasteiger partial charge in [0.1, 0.15) is 29.2 Å². The van der Waals surface area contributed by atoms with Crippen molar-refractivity contribution in [1.82, 2.24) is 30.0 Å². The fraction of sp³-hybridized carbons (Fsp3) is 0.355. The van der Waals surface area contributed by atoms with Gasteiger partial charge in [0.05, 0.1) is 6.10 Å². The third-order valence-corrected chi connectivity index (χ3v) is 8.26. The van der Waals surface area contributed by atoms with Crippen LogP contribution in [0, 0.1) is 18.6 Å². The van der Waals surface area contributed by atoms with Crippen LogP contribution in [0.2, 0.25) is 0 Å². The maximum Gasteiger partial charge on any atom is 0.246 e. The molecule has 2 aliphatic rings. The van der Waals surface area contributed by atoms with Crippen LogP contribution in [0.15, 0.2) is 47.1 Å². The first-order chi connectivity index (χ1) is 19.9. The highest BCUT2D eigenvalue weighted by atomic mass is 19.1. The van der Waals surface area contributed by atoms with Crippen LogP contribution in [-0.2, 0) is 13.6 Å². The molecular weight excluding hydrogens is 526 g/mol. The molecule has 0 spiro atoms. The minimum atomic E-state index is -0.407. The van der Waals surface area contributed by atoms with E-state index >= 15 is 4.39 Å². The number of pyridine rings is 1. The molecule has 2 fully saturated rings. The lowest BCUT2D eigenvalue weighted by atomic mass is 9.97. The lowest BCUT2D eigenvalue weighted by molar-refractivity contribution is 0.148. The molecule has 2 aromatic carbocycles. The molecule has 41 heavy (non-hydrogen) atoms. The van der Waals surface area contributed by atoms with Gasteiger partial charge in [0, 0.05) is 47.9 Å². The van der Waals surface area contributed by atoms with Gasteiger partial charge in [-0.3, -0.25) is 0 Å². The summed E-state index contributed by atoms with van der Waals surface area (Å²) >= 11 is 0. The van der Waals surface area contributed by atoms with E-state index in [1.54, 1.807) is 30.0 Å². The minimum Gasteiger partial charge on any atom is -0.434 e. The zero-order valence-corrected chi connectivity index (χ0v) is 22.9. The summed E-state index contributed by atoms with van der Waals surface area (Å²) in [6.07, 6.45) is 5.85. The first-order valence-electron chi connectivity index (χ1n) is 14.0. The summed E-state index contributed by atoms with van der Waals surface area (Å²) < 4.78 is 37.7. The molecule has 0 unspecified atom stereocenters. The van der Waals surface area contributed by atoms with E-state index in [1.807, 2.05) is 19.2 Å². The molecule has 2 saturated carbocycles. The van der Waals surface area contributed by atoms with Gasteiger partial charge in [-0.2, -0.15) is 0 Å². The lowest BCUT2D eigenvalue weighted by Crippen LogP contribution is -2.35. The molecule has 5 aromatic rings. The number of benzene rings is 2. The summed E-state index contributed by atoms with van der Waals surface area (Å²) in [5.41, 5.74) is 5.46. The molecule has 2 atom stereocenters. The first kappa shape index (κ1) is 25.9. The second-order valence-electron chi connectivity index (χ2n) is 11.2. The Hall–Kier alpha value is -4.02. The third kappa shape index (κ3) is 4.81. The van der Waals surface area contributed by atoms with Crippen LogP contribution >= 0.6 is 0 Å². The van der Waals surface area contributed by atoms with Crippen LogP contribution in [-0.4, -0.2) is 42.0 Å². The van der Waals surface area contributed by atoms with Crippen LogP contribution in [0.4, 0.5) is 8.78 Å². The molecule has 0 amide bonds. The number of nitrogens with zero attached hydrogens (tertiary/aromatic N) is 5. The largest absolute Gasteiger partial charge is 0.434 e. The number of halogens is 2. The van der Waals surface area contributed by atoms with E-state index in [-0.39, 0.29) is 17.7 Å². The Kier molecular flexibility index (Phi) is 6.39. The highest BCUT2D eigenvalue weighted by Crippen LogP contribution is 2.43. The van der Waals surface area contributed by atoms with Crippen LogP contribution in [0.25, 0.3) is 45.2 Å². The second-order valence-corrected chi connectivity index (χ2v) is 11.2. The molecule has 0 saturated heterocycles. The summed E-state index contributed by atoms with van der Waals surface area (Å²) in [6.45, 7) is 1.98. The quantitative estimate of drug-likeness (QED) is 0.261. The predicted molar refractivity (Wildman–Crippen MR) is 150 cm³/mol. The molecule has 3 aromatic heterocycles. The van der Waals surface area contributed by atoms with Gasteiger partial charge in [-0.1, -0.05) is 6.07 Å². The van der Waals surface area contributed by atoms with Gasteiger partial charge in [0.25, 0.3) is 0 Å². The SMILES string of the molecule is Cc1c(F)c(CN[C@@H]2CCC[C@@H]2O)cc2nc(-c3cc(-c4ccc(F)cc4-c4nncn4C)cc(C4CC4)n3)oc12. The molecule has 3 heterocycles. The standard InChI is InChI=1S/C31H30F2N6O2/c1-16-28(33)19(14-34-23-4-3-5-27(23)40)12-25-29(16)41-31(37-25)26-11-18(10-24(36-26)17-6-7-17)21-9-8-20(32)13-22(21)30-38-35-15-39(30)2/h8-13,15,17,23,27,34,40H,3-7,14H2,1-2H3/t23-,27+/m1/s1. The number of hydrogen-bond donors (Lipinski definition) is 2. The molecule has 0 radical (unpaired) electrons. The Morgan fingerprint density at radius 3 is 2.63 bits per heavy atom. The number of rotatable bonds is 7. The van der Waals surface area contributed by atoms with Crippen molar-refractivity contribution in [1.29, 1.82) is 0 Å². The zero-order valence-electron chi connectivity index (χ0n) is 22.9. The summed E-state index contributed by atoms with van der Waals surface area (Å²) in [5.74, 6) is 0.461. The van der Waals surface area contributed by atoms with Gasteiger partial charge in [-0.05, 0) is 80.5 Å². The van der Waals surface area contributed by atoms with Crippen LogP contribution in [0.5, 0.6) is 0 Å². The number of fused-ring (bicyclic) bond motifs is 1. The van der Waals surface area contributed by atoms with Crippen LogP contribution < -0.4 is 5.32 Å². The number of oxazole rings is 1. The van der Waals surface area contributed by atoms with E-state index in [9.17, 15) is 9.50 Å². The Morgan fingerprint density at radius 2 is 1.90 bits per heavy atom. The average Bonchev–Trinajstić information content (AvgIpc) is 3.38. The second kappa shape index (κ2) is 10.1. The zero-order chi connectivity index (χ0) is 28.2. The smallest absolute Gasteiger partial charge is 0.246 e. The molecule has 7 rings (SSSR count). The Morgan fingerprint density at radius 1 is 1.05 bits per heavy atom. The lowest BCUT2D eigenvalue weighted by Gasteiger charge is -2.17. The van der Waals surface area contributed by atoms with Gasteiger partial charge in [-0.25, -0.2) is 18.7 Å². The number of aliphatic hydroxyl groups excluding tert-OH is 1. The van der Waals surface area contributed by atoms with E-state index in [0.717, 1.165) is 48.9 Å². The summed E-state index contributed by atoms with van der Waals surface area (Å²) in [7, 11) is 1.82. The highest BCUT2D eigenvalue weighted by Gasteiger charge is 2.28. The summed E-state index contributed by atoms with van der Waals surface area (Å²) in [4.78, 5) is 9.63. The van der Waals surface area contributed by atoms with Crippen molar-refractivity contribution in [2.45, 2.75) is 63.6 Å². The number of aromatic nitrogens is 5. The van der Waals surface area contributed by atoms with Crippen molar-refractivity contribution in [3.8, 4) is 34.1 Å². The van der Waals surface area contributed by atoms with Crippen molar-refractivity contribution < 1.29 is 18.3 Å². The van der Waals surface area contributed by atoms with Crippen molar-refractivity contribution in [2.75, 3.05) is 0 Å². The average molecular weight is 557 g/mol. The Balaban J connectivity index is 1.30. The normalized spacial score (nSPS) is 19.0. The molecule has 0 aliphatic heterocycles. The molecule has 2 N–H and O–H groups in total. The number of nitrogens with one attached hydrogen (secondary N) is 1. The Labute approximate surface area is 235 Å². The van der Waals surface area contributed by atoms with Crippen molar-refractivity contribution >= 4 is 11.1 Å². The van der Waals surface area contributed by atoms with Crippen LogP contribution in [0.1, 0.15) is 54.8 Å². The van der Waals surface area contributed by atoms with E-state index < -0.39 is 6.10 Å². The fourth-order valence-electron chi connectivity index (χ4n) is 5.81. The molecule has 2 aliphatic carbocycles. The summed E-state index contributed by atoms with van der Waals surface area (Å²) in [5, 5.41) is 21.6. The number of aliphatic hydroxyl groups is 1. The van der Waals surface area contributed by atoms with E-state index in [2.05, 4.69) is 15.5 Å². The van der Waals surface area contributed by atoms with E-state index in [0.29, 0.717) is 57.7 Å². The van der Waals surface area contributed by atoms with E-state index in [1.165, 1.54) is 12.1 Å². The molecule has 210 valence electrons. The van der Waals surface area contributed by atoms with Gasteiger partial charge < -0.3 is 19.4 Å². The topological polar surface area (TPSA) is 102 Å². The molecular formula is C31H30F2N6O2. The van der Waals surface area contributed by atoms with Crippen molar-refractivity contribution in [3.63, 3.8) is 0 Å². The van der Waals surface area contributed by atoms with Gasteiger partial charge in [-0.15, -0.1) is 10.2 Å². The first-order valence-corrected chi connectivity index (χ1v) is 14.0. The molecule has 0 bridgehead atoms. The van der Waals surface area contributed by atoms with Gasteiger partial charge >= 0.3 is 0 Å². The van der Waals surface area contributed by atoms with E-state index in [4.69, 9.17) is 14.4 Å². The minimum absolute atomic E-state index is 0.0380. The maximum atomic E-state index is 15.4. The molecule has 8 nitrogen and oxygen atoms in total. The fourth-order valence-corrected chi connectivity index (χ4v) is 5.81. The number of aryl methyl sites for hydroxylation is 2. The number of hydrogen-bond acceptors (Lipinski definition) is 7. The predicted octanol–water partition coefficient (Wildman–Crippen LogP) is 5.82.